The SMILES string of the molecule is Fc1ccc(CCc2nnc3c(n2)[nH]c2ccccc23)cc1. The minimum absolute atomic E-state index is 0.221. The summed E-state index contributed by atoms with van der Waals surface area (Å²) >= 11 is 0. The molecular weight excluding hydrogens is 279 g/mol. The molecule has 0 bridgehead atoms. The van der Waals surface area contributed by atoms with Gasteiger partial charge in [0, 0.05) is 17.3 Å². The fourth-order valence-corrected chi connectivity index (χ4v) is 2.57. The molecule has 0 radical (unpaired) electrons. The van der Waals surface area contributed by atoms with Gasteiger partial charge in [-0.1, -0.05) is 30.3 Å². The van der Waals surface area contributed by atoms with Crippen LogP contribution in [0, 0.1) is 5.82 Å². The highest BCUT2D eigenvalue weighted by molar-refractivity contribution is 6.02. The number of nitrogens with one attached hydrogen (secondary N) is 1. The molecule has 2 aromatic heterocycles. The van der Waals surface area contributed by atoms with Gasteiger partial charge >= 0.3 is 0 Å². The van der Waals surface area contributed by atoms with Crippen molar-refractivity contribution in [2.45, 2.75) is 12.8 Å². The zero-order chi connectivity index (χ0) is 14.9. The molecule has 0 saturated carbocycles. The molecule has 2 heterocycles. The number of aromatic nitrogens is 4. The summed E-state index contributed by atoms with van der Waals surface area (Å²) in [7, 11) is 0. The number of aromatic amines is 1. The summed E-state index contributed by atoms with van der Waals surface area (Å²) in [5.74, 6) is 0.463. The number of benzene rings is 2. The highest BCUT2D eigenvalue weighted by Crippen LogP contribution is 2.21. The second kappa shape index (κ2) is 5.18. The van der Waals surface area contributed by atoms with E-state index in [0.717, 1.165) is 34.1 Å². The molecule has 0 aliphatic rings. The minimum atomic E-state index is -0.221. The Morgan fingerprint density at radius 3 is 2.59 bits per heavy atom. The van der Waals surface area contributed by atoms with Gasteiger partial charge in [-0.2, -0.15) is 0 Å². The van der Waals surface area contributed by atoms with Crippen molar-refractivity contribution < 1.29 is 4.39 Å². The van der Waals surface area contributed by atoms with Crippen LogP contribution in [0.25, 0.3) is 22.1 Å². The first kappa shape index (κ1) is 12.9. The molecule has 0 amide bonds. The maximum atomic E-state index is 12.9. The summed E-state index contributed by atoms with van der Waals surface area (Å²) in [6.07, 6.45) is 1.43. The average Bonchev–Trinajstić information content (AvgIpc) is 2.92. The number of hydrogen-bond acceptors (Lipinski definition) is 3. The van der Waals surface area contributed by atoms with Gasteiger partial charge in [0.15, 0.2) is 11.5 Å². The number of hydrogen-bond donors (Lipinski definition) is 1. The second-order valence-corrected chi connectivity index (χ2v) is 5.22. The van der Waals surface area contributed by atoms with Gasteiger partial charge in [0.2, 0.25) is 0 Å². The van der Waals surface area contributed by atoms with Crippen molar-refractivity contribution >= 4 is 22.1 Å². The molecule has 22 heavy (non-hydrogen) atoms. The molecule has 0 fully saturated rings. The molecule has 5 heteroatoms. The molecule has 2 aromatic carbocycles. The molecule has 0 aliphatic heterocycles. The van der Waals surface area contributed by atoms with Crippen LogP contribution in [0.4, 0.5) is 4.39 Å². The molecule has 4 nitrogen and oxygen atoms in total. The fourth-order valence-electron chi connectivity index (χ4n) is 2.57. The molecule has 0 spiro atoms. The Bertz CT molecular complexity index is 944. The maximum Gasteiger partial charge on any atom is 0.161 e. The summed E-state index contributed by atoms with van der Waals surface area (Å²) in [5, 5.41) is 9.53. The monoisotopic (exact) mass is 292 g/mol. The smallest absolute Gasteiger partial charge is 0.161 e. The van der Waals surface area contributed by atoms with Crippen LogP contribution >= 0.6 is 0 Å². The predicted molar refractivity (Wildman–Crippen MR) is 83.0 cm³/mol. The Balaban J connectivity index is 1.62. The maximum absolute atomic E-state index is 12.9. The summed E-state index contributed by atoms with van der Waals surface area (Å²) in [5.41, 5.74) is 3.61. The number of rotatable bonds is 3. The number of aryl methyl sites for hydroxylation is 2. The molecular formula is C17H13FN4. The standard InChI is InChI=1S/C17H13FN4/c18-12-8-5-11(6-9-12)7-10-15-20-17-16(22-21-15)13-3-1-2-4-14(13)19-17/h1-6,8-9H,7,10H2,(H,19,20,21). The van der Waals surface area contributed by atoms with Crippen molar-refractivity contribution in [2.75, 3.05) is 0 Å². The molecule has 4 rings (SSSR count). The summed E-state index contributed by atoms with van der Waals surface area (Å²) in [4.78, 5) is 7.80. The van der Waals surface area contributed by atoms with Crippen molar-refractivity contribution in [2.24, 2.45) is 0 Å². The van der Waals surface area contributed by atoms with Crippen molar-refractivity contribution in [3.63, 3.8) is 0 Å². The summed E-state index contributed by atoms with van der Waals surface area (Å²) in [6.45, 7) is 0. The largest absolute Gasteiger partial charge is 0.338 e. The van der Waals surface area contributed by atoms with Crippen LogP contribution in [0.15, 0.2) is 48.5 Å². The van der Waals surface area contributed by atoms with E-state index in [-0.39, 0.29) is 5.82 Å². The third kappa shape index (κ3) is 2.30. The number of H-pyrrole nitrogens is 1. The number of fused-ring (bicyclic) bond motifs is 3. The zero-order valence-electron chi connectivity index (χ0n) is 11.8. The number of halogens is 1. The lowest BCUT2D eigenvalue weighted by Gasteiger charge is -2.00. The normalized spacial score (nSPS) is 11.3. The molecule has 0 aliphatic carbocycles. The first-order valence-corrected chi connectivity index (χ1v) is 7.14. The first-order chi connectivity index (χ1) is 10.8. The topological polar surface area (TPSA) is 54.5 Å². The van der Waals surface area contributed by atoms with Gasteiger partial charge < -0.3 is 4.98 Å². The third-order valence-corrected chi connectivity index (χ3v) is 3.72. The summed E-state index contributed by atoms with van der Waals surface area (Å²) in [6, 6.07) is 14.4. The van der Waals surface area contributed by atoms with E-state index in [2.05, 4.69) is 20.2 Å². The van der Waals surface area contributed by atoms with Gasteiger partial charge in [-0.3, -0.25) is 0 Å². The Kier molecular flexibility index (Phi) is 3.04. The van der Waals surface area contributed by atoms with E-state index in [0.29, 0.717) is 12.2 Å². The summed E-state index contributed by atoms with van der Waals surface area (Å²) < 4.78 is 12.9. The molecule has 4 aromatic rings. The van der Waals surface area contributed by atoms with Crippen LogP contribution in [0.2, 0.25) is 0 Å². The highest BCUT2D eigenvalue weighted by Gasteiger charge is 2.08. The minimum Gasteiger partial charge on any atom is -0.338 e. The fraction of sp³-hybridized carbons (Fsp3) is 0.118. The molecule has 0 unspecified atom stereocenters. The van der Waals surface area contributed by atoms with Crippen LogP contribution in [0.1, 0.15) is 11.4 Å². The first-order valence-electron chi connectivity index (χ1n) is 7.14. The van der Waals surface area contributed by atoms with Gasteiger partial charge in [0.05, 0.1) is 0 Å². The predicted octanol–water partition coefficient (Wildman–Crippen LogP) is 3.43. The van der Waals surface area contributed by atoms with Crippen molar-refractivity contribution in [3.8, 4) is 0 Å². The zero-order valence-corrected chi connectivity index (χ0v) is 11.8. The lowest BCUT2D eigenvalue weighted by molar-refractivity contribution is 0.627. The molecule has 108 valence electrons. The van der Waals surface area contributed by atoms with E-state index in [4.69, 9.17) is 0 Å². The van der Waals surface area contributed by atoms with Gasteiger partial charge in [-0.05, 0) is 30.2 Å². The van der Waals surface area contributed by atoms with Crippen LogP contribution in [0.3, 0.4) is 0 Å². The van der Waals surface area contributed by atoms with E-state index in [9.17, 15) is 4.39 Å². The second-order valence-electron chi connectivity index (χ2n) is 5.22. The van der Waals surface area contributed by atoms with Crippen molar-refractivity contribution in [1.82, 2.24) is 20.2 Å². The number of para-hydroxylation sites is 1. The van der Waals surface area contributed by atoms with Crippen molar-refractivity contribution in [1.29, 1.82) is 0 Å². The highest BCUT2D eigenvalue weighted by atomic mass is 19.1. The van der Waals surface area contributed by atoms with Crippen LogP contribution in [0.5, 0.6) is 0 Å². The van der Waals surface area contributed by atoms with E-state index >= 15 is 0 Å². The molecule has 0 atom stereocenters. The quantitative estimate of drug-likeness (QED) is 0.629. The van der Waals surface area contributed by atoms with Gasteiger partial charge in [-0.25, -0.2) is 9.37 Å². The third-order valence-electron chi connectivity index (χ3n) is 3.72. The molecule has 1 N–H and O–H groups in total. The van der Waals surface area contributed by atoms with Crippen LogP contribution in [-0.4, -0.2) is 20.2 Å². The Hall–Kier alpha value is -2.82. The van der Waals surface area contributed by atoms with Gasteiger partial charge in [0.1, 0.15) is 11.3 Å². The average molecular weight is 292 g/mol. The van der Waals surface area contributed by atoms with Crippen molar-refractivity contribution in [3.05, 3.63) is 65.7 Å². The Labute approximate surface area is 126 Å². The Morgan fingerprint density at radius 1 is 0.909 bits per heavy atom. The van der Waals surface area contributed by atoms with E-state index in [1.54, 1.807) is 12.1 Å². The number of nitrogens with zero attached hydrogens (tertiary/aromatic N) is 3. The molecule has 0 saturated heterocycles. The van der Waals surface area contributed by atoms with Crippen LogP contribution < -0.4 is 0 Å². The van der Waals surface area contributed by atoms with E-state index in [1.165, 1.54) is 12.1 Å². The lowest BCUT2D eigenvalue weighted by Crippen LogP contribution is -2.00. The van der Waals surface area contributed by atoms with Crippen LogP contribution in [-0.2, 0) is 12.8 Å². The lowest BCUT2D eigenvalue weighted by atomic mass is 10.1. The van der Waals surface area contributed by atoms with Gasteiger partial charge in [-0.15, -0.1) is 10.2 Å². The van der Waals surface area contributed by atoms with Gasteiger partial charge in [0.25, 0.3) is 0 Å². The van der Waals surface area contributed by atoms with E-state index in [1.807, 2.05) is 24.3 Å². The van der Waals surface area contributed by atoms with E-state index < -0.39 is 0 Å². The Morgan fingerprint density at radius 2 is 1.73 bits per heavy atom.